The van der Waals surface area contributed by atoms with Crippen LogP contribution in [0.1, 0.15) is 54.8 Å². The summed E-state index contributed by atoms with van der Waals surface area (Å²) in [6.45, 7) is 4.99. The van der Waals surface area contributed by atoms with E-state index < -0.39 is 6.10 Å². The van der Waals surface area contributed by atoms with Crippen LogP contribution in [0.4, 0.5) is 0 Å². The predicted octanol–water partition coefficient (Wildman–Crippen LogP) is 3.98. The van der Waals surface area contributed by atoms with E-state index in [0.717, 1.165) is 41.6 Å². The lowest BCUT2D eigenvalue weighted by atomic mass is 9.74. The Labute approximate surface area is 182 Å². The van der Waals surface area contributed by atoms with Crippen LogP contribution in [0.25, 0.3) is 11.4 Å². The first-order chi connectivity index (χ1) is 15.0. The standard InChI is InChI=1S/C25H26N4O2/c1-25(2)13-20-19(15-27-23(28-20)17-7-10-26-11-8-17)21(14-25)29-24(30)22-18-6-4-3-5-16(18)9-12-31-22/h3-8,10-11,15,21-22H,9,12-14H2,1-2H3,(H,29,30). The highest BCUT2D eigenvalue weighted by atomic mass is 16.5. The molecule has 1 aliphatic carbocycles. The number of ether oxygens (including phenoxy) is 1. The van der Waals surface area contributed by atoms with Gasteiger partial charge in [-0.25, -0.2) is 9.97 Å². The van der Waals surface area contributed by atoms with Crippen molar-refractivity contribution < 1.29 is 9.53 Å². The van der Waals surface area contributed by atoms with Crippen molar-refractivity contribution in [3.8, 4) is 11.4 Å². The number of aromatic nitrogens is 3. The van der Waals surface area contributed by atoms with Gasteiger partial charge >= 0.3 is 0 Å². The summed E-state index contributed by atoms with van der Waals surface area (Å²) in [5.41, 5.74) is 5.09. The maximum atomic E-state index is 13.3. The molecule has 0 radical (unpaired) electrons. The van der Waals surface area contributed by atoms with Crippen LogP contribution in [0.15, 0.2) is 55.0 Å². The van der Waals surface area contributed by atoms with Gasteiger partial charge in [-0.15, -0.1) is 0 Å². The number of hydrogen-bond acceptors (Lipinski definition) is 5. The van der Waals surface area contributed by atoms with E-state index in [1.54, 1.807) is 12.4 Å². The van der Waals surface area contributed by atoms with Crippen LogP contribution in [0.3, 0.4) is 0 Å². The van der Waals surface area contributed by atoms with Gasteiger partial charge in [0.05, 0.1) is 18.3 Å². The van der Waals surface area contributed by atoms with Gasteiger partial charge in [0.25, 0.3) is 5.91 Å². The van der Waals surface area contributed by atoms with Crippen molar-refractivity contribution in [2.24, 2.45) is 5.41 Å². The van der Waals surface area contributed by atoms with Crippen LogP contribution >= 0.6 is 0 Å². The highest BCUT2D eigenvalue weighted by molar-refractivity contribution is 5.83. The van der Waals surface area contributed by atoms with Gasteiger partial charge < -0.3 is 10.1 Å². The molecule has 3 heterocycles. The van der Waals surface area contributed by atoms with Crippen molar-refractivity contribution in [2.45, 2.75) is 45.3 Å². The van der Waals surface area contributed by atoms with Crippen LogP contribution in [0, 0.1) is 5.41 Å². The summed E-state index contributed by atoms with van der Waals surface area (Å²) in [6.07, 6.45) is 7.30. The molecule has 0 bridgehead atoms. The molecular formula is C25H26N4O2. The van der Waals surface area contributed by atoms with Gasteiger partial charge in [0.15, 0.2) is 11.9 Å². The van der Waals surface area contributed by atoms with Crippen molar-refractivity contribution in [1.82, 2.24) is 20.3 Å². The highest BCUT2D eigenvalue weighted by Gasteiger charge is 2.36. The zero-order valence-electron chi connectivity index (χ0n) is 17.8. The fraction of sp³-hybridized carbons (Fsp3) is 0.360. The first-order valence-corrected chi connectivity index (χ1v) is 10.8. The van der Waals surface area contributed by atoms with E-state index >= 15 is 0 Å². The molecule has 1 aliphatic heterocycles. The van der Waals surface area contributed by atoms with E-state index in [1.807, 2.05) is 36.5 Å². The largest absolute Gasteiger partial charge is 0.363 e. The second kappa shape index (κ2) is 7.85. The van der Waals surface area contributed by atoms with Crippen LogP contribution in [0.5, 0.6) is 0 Å². The van der Waals surface area contributed by atoms with Crippen molar-refractivity contribution in [3.63, 3.8) is 0 Å². The quantitative estimate of drug-likeness (QED) is 0.701. The molecule has 0 fully saturated rings. The lowest BCUT2D eigenvalue weighted by Crippen LogP contribution is -2.40. The first kappa shape index (κ1) is 19.8. The number of hydrogen-bond donors (Lipinski definition) is 1. The van der Waals surface area contributed by atoms with Crippen molar-refractivity contribution >= 4 is 5.91 Å². The molecule has 0 saturated heterocycles. The van der Waals surface area contributed by atoms with E-state index in [0.29, 0.717) is 12.4 Å². The Morgan fingerprint density at radius 1 is 1.13 bits per heavy atom. The smallest absolute Gasteiger partial charge is 0.254 e. The molecule has 2 aliphatic rings. The number of nitrogens with one attached hydrogen (secondary N) is 1. The summed E-state index contributed by atoms with van der Waals surface area (Å²) in [7, 11) is 0. The minimum Gasteiger partial charge on any atom is -0.363 e. The molecule has 1 aromatic carbocycles. The fourth-order valence-electron chi connectivity index (χ4n) is 4.67. The second-order valence-corrected chi connectivity index (χ2v) is 9.14. The summed E-state index contributed by atoms with van der Waals surface area (Å²) < 4.78 is 5.88. The number of pyridine rings is 1. The molecule has 6 heteroatoms. The number of benzene rings is 1. The second-order valence-electron chi connectivity index (χ2n) is 9.14. The third kappa shape index (κ3) is 3.95. The monoisotopic (exact) mass is 414 g/mol. The van der Waals surface area contributed by atoms with E-state index in [-0.39, 0.29) is 17.4 Å². The lowest BCUT2D eigenvalue weighted by molar-refractivity contribution is -0.135. The maximum Gasteiger partial charge on any atom is 0.254 e. The van der Waals surface area contributed by atoms with Crippen molar-refractivity contribution in [1.29, 1.82) is 0 Å². The molecule has 158 valence electrons. The number of fused-ring (bicyclic) bond motifs is 2. The number of carbonyl (C=O) groups excluding carboxylic acids is 1. The number of rotatable bonds is 3. The Morgan fingerprint density at radius 3 is 2.77 bits per heavy atom. The SMILES string of the molecule is CC1(C)Cc2nc(-c3ccncc3)ncc2C(NC(=O)C2OCCc3ccccc32)C1. The van der Waals surface area contributed by atoms with Crippen LogP contribution in [-0.2, 0) is 22.4 Å². The first-order valence-electron chi connectivity index (χ1n) is 10.8. The Morgan fingerprint density at radius 2 is 1.94 bits per heavy atom. The van der Waals surface area contributed by atoms with E-state index in [9.17, 15) is 4.79 Å². The topological polar surface area (TPSA) is 77.0 Å². The molecule has 1 N–H and O–H groups in total. The molecule has 0 saturated carbocycles. The summed E-state index contributed by atoms with van der Waals surface area (Å²) in [4.78, 5) is 26.8. The lowest BCUT2D eigenvalue weighted by Gasteiger charge is -2.37. The zero-order chi connectivity index (χ0) is 21.4. The minimum atomic E-state index is -0.574. The Balaban J connectivity index is 1.44. The molecule has 0 spiro atoms. The van der Waals surface area contributed by atoms with Gasteiger partial charge in [-0.05, 0) is 47.9 Å². The van der Waals surface area contributed by atoms with Gasteiger partial charge in [-0.3, -0.25) is 9.78 Å². The average Bonchev–Trinajstić information content (AvgIpc) is 2.78. The maximum absolute atomic E-state index is 13.3. The van der Waals surface area contributed by atoms with Crippen molar-refractivity contribution in [2.75, 3.05) is 6.61 Å². The molecule has 5 rings (SSSR count). The molecule has 6 nitrogen and oxygen atoms in total. The van der Waals surface area contributed by atoms with Gasteiger partial charge in [-0.1, -0.05) is 38.1 Å². The van der Waals surface area contributed by atoms with Gasteiger partial charge in [0.1, 0.15) is 0 Å². The predicted molar refractivity (Wildman–Crippen MR) is 117 cm³/mol. The third-order valence-corrected chi connectivity index (χ3v) is 6.16. The van der Waals surface area contributed by atoms with Crippen LogP contribution in [-0.4, -0.2) is 27.5 Å². The molecule has 3 aromatic rings. The molecule has 1 amide bonds. The van der Waals surface area contributed by atoms with E-state index in [2.05, 4.69) is 35.2 Å². The molecule has 2 aromatic heterocycles. The fourth-order valence-corrected chi connectivity index (χ4v) is 4.67. The zero-order valence-corrected chi connectivity index (χ0v) is 17.8. The van der Waals surface area contributed by atoms with Gasteiger partial charge in [0, 0.05) is 29.7 Å². The summed E-state index contributed by atoms with van der Waals surface area (Å²) in [5.74, 6) is 0.590. The highest BCUT2D eigenvalue weighted by Crippen LogP contribution is 2.41. The molecular weight excluding hydrogens is 388 g/mol. The number of amides is 1. The molecule has 2 unspecified atom stereocenters. The Kier molecular flexibility index (Phi) is 5.02. The van der Waals surface area contributed by atoms with Gasteiger partial charge in [-0.2, -0.15) is 0 Å². The van der Waals surface area contributed by atoms with E-state index in [1.165, 1.54) is 5.56 Å². The third-order valence-electron chi connectivity index (χ3n) is 6.16. The number of nitrogens with zero attached hydrogens (tertiary/aromatic N) is 3. The Hall–Kier alpha value is -3.12. The van der Waals surface area contributed by atoms with Gasteiger partial charge in [0.2, 0.25) is 0 Å². The average molecular weight is 415 g/mol. The summed E-state index contributed by atoms with van der Waals surface area (Å²) >= 11 is 0. The summed E-state index contributed by atoms with van der Waals surface area (Å²) in [5, 5.41) is 3.25. The van der Waals surface area contributed by atoms with Crippen LogP contribution < -0.4 is 5.32 Å². The Bertz CT molecular complexity index is 1110. The normalized spacial score (nSPS) is 21.6. The number of carbonyl (C=O) groups is 1. The molecule has 31 heavy (non-hydrogen) atoms. The van der Waals surface area contributed by atoms with E-state index in [4.69, 9.17) is 9.72 Å². The van der Waals surface area contributed by atoms with Crippen LogP contribution in [0.2, 0.25) is 0 Å². The molecule has 2 atom stereocenters. The summed E-state index contributed by atoms with van der Waals surface area (Å²) in [6, 6.07) is 11.7. The van der Waals surface area contributed by atoms with Crippen molar-refractivity contribution in [3.05, 3.63) is 77.4 Å². The minimum absolute atomic E-state index is 0.0140.